The van der Waals surface area contributed by atoms with Crippen LogP contribution in [0.2, 0.25) is 0 Å². The molecule has 1 aromatic heterocycles. The molecular formula is C16H13BN2. The Hall–Kier alpha value is -2.47. The molecule has 90 valence electrons. The average Bonchev–Trinajstić information content (AvgIpc) is 2.77. The smallest absolute Gasteiger partial charge is 0.142 e. The van der Waals surface area contributed by atoms with Crippen molar-refractivity contribution >= 4 is 24.2 Å². The third-order valence-corrected chi connectivity index (χ3v) is 3.42. The van der Waals surface area contributed by atoms with Crippen LogP contribution in [-0.4, -0.2) is 12.4 Å². The maximum absolute atomic E-state index is 8.81. The van der Waals surface area contributed by atoms with Crippen molar-refractivity contribution in [1.82, 2.24) is 4.57 Å². The molecule has 19 heavy (non-hydrogen) atoms. The van der Waals surface area contributed by atoms with Gasteiger partial charge in [-0.1, -0.05) is 35.8 Å². The SMILES string of the molecule is Bc1cn(Cc2ccc(C#N)cc2)c2ccccc12. The Morgan fingerprint density at radius 2 is 1.79 bits per heavy atom. The molecule has 0 aliphatic rings. The Kier molecular flexibility index (Phi) is 2.85. The van der Waals surface area contributed by atoms with Crippen LogP contribution in [0.5, 0.6) is 0 Å². The molecule has 3 aromatic rings. The second kappa shape index (κ2) is 4.66. The molecular weight excluding hydrogens is 231 g/mol. The van der Waals surface area contributed by atoms with E-state index < -0.39 is 0 Å². The fraction of sp³-hybridized carbons (Fsp3) is 0.0625. The van der Waals surface area contributed by atoms with Crippen LogP contribution < -0.4 is 5.46 Å². The summed E-state index contributed by atoms with van der Waals surface area (Å²) in [6, 6.07) is 18.4. The molecule has 0 aliphatic heterocycles. The summed E-state index contributed by atoms with van der Waals surface area (Å²) < 4.78 is 2.26. The Bertz CT molecular complexity index is 764. The number of nitriles is 1. The van der Waals surface area contributed by atoms with Gasteiger partial charge in [0.2, 0.25) is 0 Å². The van der Waals surface area contributed by atoms with Gasteiger partial charge in [-0.2, -0.15) is 5.26 Å². The summed E-state index contributed by atoms with van der Waals surface area (Å²) in [5.74, 6) is 0. The first-order valence-electron chi connectivity index (χ1n) is 6.31. The van der Waals surface area contributed by atoms with Crippen LogP contribution in [0, 0.1) is 11.3 Å². The van der Waals surface area contributed by atoms with E-state index in [-0.39, 0.29) is 0 Å². The highest BCUT2D eigenvalue weighted by molar-refractivity contribution is 6.38. The van der Waals surface area contributed by atoms with Gasteiger partial charge in [-0.15, -0.1) is 0 Å². The highest BCUT2D eigenvalue weighted by Crippen LogP contribution is 2.15. The second-order valence-corrected chi connectivity index (χ2v) is 4.77. The van der Waals surface area contributed by atoms with Crippen LogP contribution in [0.1, 0.15) is 11.1 Å². The quantitative estimate of drug-likeness (QED) is 0.632. The molecule has 3 rings (SSSR count). The van der Waals surface area contributed by atoms with Crippen molar-refractivity contribution in [1.29, 1.82) is 5.26 Å². The van der Waals surface area contributed by atoms with Crippen molar-refractivity contribution in [2.24, 2.45) is 0 Å². The van der Waals surface area contributed by atoms with Crippen LogP contribution >= 0.6 is 0 Å². The Balaban J connectivity index is 1.99. The molecule has 0 N–H and O–H groups in total. The third-order valence-electron chi connectivity index (χ3n) is 3.42. The van der Waals surface area contributed by atoms with Crippen molar-refractivity contribution in [2.45, 2.75) is 6.54 Å². The lowest BCUT2D eigenvalue weighted by atomic mass is 9.96. The summed E-state index contributed by atoms with van der Waals surface area (Å²) in [7, 11) is 2.14. The van der Waals surface area contributed by atoms with Crippen LogP contribution in [-0.2, 0) is 6.54 Å². The number of fused-ring (bicyclic) bond motifs is 1. The number of rotatable bonds is 2. The average molecular weight is 244 g/mol. The molecule has 0 bridgehead atoms. The maximum Gasteiger partial charge on any atom is 0.142 e. The van der Waals surface area contributed by atoms with E-state index in [0.29, 0.717) is 5.56 Å². The normalized spacial score (nSPS) is 10.5. The van der Waals surface area contributed by atoms with Crippen LogP contribution in [0.4, 0.5) is 0 Å². The lowest BCUT2D eigenvalue weighted by Gasteiger charge is -2.05. The predicted octanol–water partition coefficient (Wildman–Crippen LogP) is 1.82. The van der Waals surface area contributed by atoms with Crippen molar-refractivity contribution in [3.8, 4) is 6.07 Å². The highest BCUT2D eigenvalue weighted by atomic mass is 15.0. The Morgan fingerprint density at radius 3 is 2.53 bits per heavy atom. The van der Waals surface area contributed by atoms with Crippen molar-refractivity contribution in [2.75, 3.05) is 0 Å². The minimum Gasteiger partial charge on any atom is -0.344 e. The van der Waals surface area contributed by atoms with E-state index in [0.717, 1.165) is 6.54 Å². The number of nitrogens with zero attached hydrogens (tertiary/aromatic N) is 2. The summed E-state index contributed by atoms with van der Waals surface area (Å²) in [4.78, 5) is 0. The Morgan fingerprint density at radius 1 is 1.05 bits per heavy atom. The fourth-order valence-corrected chi connectivity index (χ4v) is 2.44. The first-order chi connectivity index (χ1) is 9.28. The lowest BCUT2D eigenvalue weighted by molar-refractivity contribution is 0.839. The number of hydrogen-bond donors (Lipinski definition) is 0. The van der Waals surface area contributed by atoms with Gasteiger partial charge >= 0.3 is 0 Å². The molecule has 0 aliphatic carbocycles. The molecule has 0 fully saturated rings. The molecule has 0 unspecified atom stereocenters. The van der Waals surface area contributed by atoms with Crippen molar-refractivity contribution in [3.63, 3.8) is 0 Å². The van der Waals surface area contributed by atoms with Crippen LogP contribution in [0.3, 0.4) is 0 Å². The summed E-state index contributed by atoms with van der Waals surface area (Å²) in [5.41, 5.74) is 4.46. The molecule has 2 aromatic carbocycles. The van der Waals surface area contributed by atoms with Crippen molar-refractivity contribution in [3.05, 3.63) is 65.9 Å². The van der Waals surface area contributed by atoms with Gasteiger partial charge in [0.25, 0.3) is 0 Å². The molecule has 0 spiro atoms. The molecule has 1 heterocycles. The zero-order chi connectivity index (χ0) is 13.2. The van der Waals surface area contributed by atoms with Gasteiger partial charge in [0.05, 0.1) is 11.6 Å². The van der Waals surface area contributed by atoms with E-state index in [1.165, 1.54) is 21.9 Å². The van der Waals surface area contributed by atoms with Gasteiger partial charge in [-0.05, 0) is 35.3 Å². The second-order valence-electron chi connectivity index (χ2n) is 4.77. The topological polar surface area (TPSA) is 28.7 Å². The van der Waals surface area contributed by atoms with Gasteiger partial charge in [0.15, 0.2) is 0 Å². The molecule has 0 atom stereocenters. The zero-order valence-electron chi connectivity index (χ0n) is 10.8. The van der Waals surface area contributed by atoms with E-state index in [1.54, 1.807) is 0 Å². The first-order valence-corrected chi connectivity index (χ1v) is 6.31. The lowest BCUT2D eigenvalue weighted by Crippen LogP contribution is -2.01. The largest absolute Gasteiger partial charge is 0.344 e. The zero-order valence-corrected chi connectivity index (χ0v) is 10.8. The molecule has 0 amide bonds. The minimum atomic E-state index is 0.706. The van der Waals surface area contributed by atoms with E-state index in [4.69, 9.17) is 5.26 Å². The highest BCUT2D eigenvalue weighted by Gasteiger charge is 2.04. The van der Waals surface area contributed by atoms with E-state index in [1.807, 2.05) is 24.3 Å². The molecule has 2 nitrogen and oxygen atoms in total. The number of hydrogen-bond acceptors (Lipinski definition) is 1. The summed E-state index contributed by atoms with van der Waals surface area (Å²) in [5, 5.41) is 10.1. The van der Waals surface area contributed by atoms with E-state index in [2.05, 4.69) is 48.9 Å². The van der Waals surface area contributed by atoms with Gasteiger partial charge < -0.3 is 4.57 Å². The van der Waals surface area contributed by atoms with Crippen LogP contribution in [0.15, 0.2) is 54.7 Å². The molecule has 3 heteroatoms. The molecule has 0 saturated heterocycles. The summed E-state index contributed by atoms with van der Waals surface area (Å²) in [6.45, 7) is 0.833. The first kappa shape index (κ1) is 11.6. The van der Waals surface area contributed by atoms with Gasteiger partial charge in [-0.25, -0.2) is 0 Å². The number of benzene rings is 2. The minimum absolute atomic E-state index is 0.706. The van der Waals surface area contributed by atoms with Gasteiger partial charge in [-0.3, -0.25) is 0 Å². The molecule has 0 saturated carbocycles. The monoisotopic (exact) mass is 244 g/mol. The predicted molar refractivity (Wildman–Crippen MR) is 80.4 cm³/mol. The van der Waals surface area contributed by atoms with Crippen molar-refractivity contribution < 1.29 is 0 Å². The fourth-order valence-electron chi connectivity index (χ4n) is 2.44. The van der Waals surface area contributed by atoms with Crippen LogP contribution in [0.25, 0.3) is 10.9 Å². The molecule has 0 radical (unpaired) electrons. The third kappa shape index (κ3) is 2.13. The number of aromatic nitrogens is 1. The standard InChI is InChI=1S/C16H13BN2/c17-15-11-19(16-4-2-1-3-14(15)16)10-13-7-5-12(9-18)6-8-13/h1-8,11H,10,17H2. The van der Waals surface area contributed by atoms with E-state index in [9.17, 15) is 0 Å². The maximum atomic E-state index is 8.81. The van der Waals surface area contributed by atoms with Gasteiger partial charge in [0, 0.05) is 12.1 Å². The summed E-state index contributed by atoms with van der Waals surface area (Å²) in [6.07, 6.45) is 2.18. The Labute approximate surface area is 113 Å². The number of para-hydroxylation sites is 1. The van der Waals surface area contributed by atoms with E-state index >= 15 is 0 Å². The van der Waals surface area contributed by atoms with Gasteiger partial charge in [0.1, 0.15) is 7.85 Å². The summed E-state index contributed by atoms with van der Waals surface area (Å²) >= 11 is 0.